The number of nitrogens with one attached hydrogen (secondary N) is 2. The van der Waals surface area contributed by atoms with Crippen molar-refractivity contribution in [3.05, 3.63) is 71.1 Å². The summed E-state index contributed by atoms with van der Waals surface area (Å²) in [6, 6.07) is 8.91. The first-order valence-corrected chi connectivity index (χ1v) is 11.2. The number of fused-ring (bicyclic) bond motifs is 1. The van der Waals surface area contributed by atoms with Gasteiger partial charge in [0.2, 0.25) is 11.7 Å². The Morgan fingerprint density at radius 1 is 1.31 bits per heavy atom. The van der Waals surface area contributed by atoms with Crippen LogP contribution >= 0.6 is 0 Å². The number of aromatic amines is 1. The minimum absolute atomic E-state index is 0.00840. The molecule has 0 aliphatic carbocycles. The zero-order valence-electron chi connectivity index (χ0n) is 20.0. The van der Waals surface area contributed by atoms with Crippen LogP contribution in [-0.4, -0.2) is 45.6 Å². The number of H-pyrrole nitrogens is 1. The van der Waals surface area contributed by atoms with Crippen LogP contribution in [0.3, 0.4) is 0 Å². The molecule has 2 aromatic heterocycles. The lowest BCUT2D eigenvalue weighted by molar-refractivity contribution is -0.139. The maximum absolute atomic E-state index is 13.1. The normalized spacial score (nSPS) is 15.0. The number of allylic oxidation sites excluding steroid dienone is 1. The van der Waals surface area contributed by atoms with E-state index in [0.29, 0.717) is 22.6 Å². The molecule has 9 nitrogen and oxygen atoms in total. The predicted molar refractivity (Wildman–Crippen MR) is 130 cm³/mol. The van der Waals surface area contributed by atoms with E-state index in [4.69, 9.17) is 14.2 Å². The molecule has 0 saturated heterocycles. The molecule has 0 radical (unpaired) electrons. The zero-order valence-corrected chi connectivity index (χ0v) is 20.0. The predicted octanol–water partition coefficient (Wildman–Crippen LogP) is 3.85. The fraction of sp³-hybridized carbons (Fsp3) is 0.269. The molecule has 0 atom stereocenters. The average Bonchev–Trinajstić information content (AvgIpc) is 3.35. The summed E-state index contributed by atoms with van der Waals surface area (Å²) in [7, 11) is 0. The van der Waals surface area contributed by atoms with Crippen molar-refractivity contribution in [2.75, 3.05) is 18.5 Å². The first-order valence-electron chi connectivity index (χ1n) is 11.2. The van der Waals surface area contributed by atoms with Gasteiger partial charge in [-0.25, -0.2) is 9.78 Å². The van der Waals surface area contributed by atoms with Crippen LogP contribution in [0.4, 0.5) is 5.69 Å². The number of anilines is 1. The molecule has 1 aliphatic rings. The van der Waals surface area contributed by atoms with Crippen LogP contribution in [0.25, 0.3) is 17.1 Å². The number of carbonyl (C=O) groups excluding carboxylic acids is 2. The van der Waals surface area contributed by atoms with Crippen LogP contribution < -0.4 is 10.1 Å². The van der Waals surface area contributed by atoms with Crippen molar-refractivity contribution in [1.82, 2.24) is 9.97 Å². The SMILES string of the molecule is CCOC(=O)C1=C(Nc2ccc(OCC(C)(C)O)cc2C)O/C(=C\c2c[nH]c3ncccc23)C1=O. The van der Waals surface area contributed by atoms with Crippen LogP contribution in [0.1, 0.15) is 31.9 Å². The molecule has 0 unspecified atom stereocenters. The van der Waals surface area contributed by atoms with Crippen LogP contribution in [0.5, 0.6) is 5.75 Å². The van der Waals surface area contributed by atoms with Gasteiger partial charge in [-0.15, -0.1) is 0 Å². The molecule has 0 amide bonds. The molecule has 0 fully saturated rings. The summed E-state index contributed by atoms with van der Waals surface area (Å²) in [5.41, 5.74) is 1.59. The highest BCUT2D eigenvalue weighted by Crippen LogP contribution is 2.32. The molecule has 3 N–H and O–H groups in total. The molecule has 4 rings (SSSR count). The molecule has 1 aliphatic heterocycles. The zero-order chi connectivity index (χ0) is 25.2. The number of carbonyl (C=O) groups is 2. The average molecular weight is 478 g/mol. The van der Waals surface area contributed by atoms with Gasteiger partial charge in [-0.05, 0) is 69.7 Å². The first-order chi connectivity index (χ1) is 16.7. The topological polar surface area (TPSA) is 123 Å². The number of aryl methyl sites for hydroxylation is 1. The summed E-state index contributed by atoms with van der Waals surface area (Å²) in [4.78, 5) is 33.1. The largest absolute Gasteiger partial charge is 0.491 e. The molecule has 182 valence electrons. The Labute approximate surface area is 202 Å². The van der Waals surface area contributed by atoms with Crippen LogP contribution in [0.2, 0.25) is 0 Å². The lowest BCUT2D eigenvalue weighted by atomic mass is 10.1. The molecule has 1 aromatic carbocycles. The third-order valence-electron chi connectivity index (χ3n) is 5.18. The molecule has 35 heavy (non-hydrogen) atoms. The highest BCUT2D eigenvalue weighted by Gasteiger charge is 2.37. The number of esters is 1. The Bertz CT molecular complexity index is 1350. The standard InChI is InChI=1S/C26H27N3O6/c1-5-33-25(31)21-22(30)20(12-16-13-28-23-18(16)7-6-10-27-23)35-24(21)29-19-9-8-17(11-15(19)2)34-14-26(3,4)32/h6-13,29,32H,5,14H2,1-4H3,(H,27,28)/b20-12-. The van der Waals surface area contributed by atoms with Gasteiger partial charge in [-0.2, -0.15) is 0 Å². The van der Waals surface area contributed by atoms with Crippen molar-refractivity contribution in [2.45, 2.75) is 33.3 Å². The van der Waals surface area contributed by atoms with E-state index in [1.54, 1.807) is 63.5 Å². The first kappa shape index (κ1) is 24.0. The van der Waals surface area contributed by atoms with Crippen LogP contribution in [0, 0.1) is 6.92 Å². The summed E-state index contributed by atoms with van der Waals surface area (Å²) in [6.45, 7) is 7.07. The Hall–Kier alpha value is -4.11. The van der Waals surface area contributed by atoms with Crippen molar-refractivity contribution in [1.29, 1.82) is 0 Å². The molecule has 0 bridgehead atoms. The van der Waals surface area contributed by atoms with Crippen molar-refractivity contribution in [3.63, 3.8) is 0 Å². The number of aromatic nitrogens is 2. The van der Waals surface area contributed by atoms with Gasteiger partial charge in [0.25, 0.3) is 0 Å². The monoisotopic (exact) mass is 477 g/mol. The number of hydrogen-bond acceptors (Lipinski definition) is 8. The number of aliphatic hydroxyl groups is 1. The third-order valence-corrected chi connectivity index (χ3v) is 5.18. The number of hydrogen-bond donors (Lipinski definition) is 3. The lowest BCUT2D eigenvalue weighted by Crippen LogP contribution is -2.27. The highest BCUT2D eigenvalue weighted by molar-refractivity contribution is 6.26. The summed E-state index contributed by atoms with van der Waals surface area (Å²) in [5, 5.41) is 13.7. The molecule has 9 heteroatoms. The van der Waals surface area contributed by atoms with Gasteiger partial charge in [0.15, 0.2) is 11.3 Å². The van der Waals surface area contributed by atoms with E-state index >= 15 is 0 Å². The van der Waals surface area contributed by atoms with Gasteiger partial charge >= 0.3 is 5.97 Å². The second kappa shape index (κ2) is 9.63. The van der Waals surface area contributed by atoms with E-state index in [0.717, 1.165) is 10.9 Å². The minimum atomic E-state index is -0.966. The van der Waals surface area contributed by atoms with Crippen molar-refractivity contribution >= 4 is 34.5 Å². The van der Waals surface area contributed by atoms with Gasteiger partial charge in [-0.1, -0.05) is 0 Å². The molecule has 0 spiro atoms. The summed E-state index contributed by atoms with van der Waals surface area (Å²) >= 11 is 0. The minimum Gasteiger partial charge on any atom is -0.491 e. The number of ketones is 1. The van der Waals surface area contributed by atoms with E-state index < -0.39 is 17.4 Å². The Kier molecular flexibility index (Phi) is 6.61. The molecular formula is C26H27N3O6. The van der Waals surface area contributed by atoms with Crippen molar-refractivity contribution in [2.24, 2.45) is 0 Å². The number of nitrogens with zero attached hydrogens (tertiary/aromatic N) is 1. The maximum atomic E-state index is 13.1. The molecule has 0 saturated carbocycles. The fourth-order valence-corrected chi connectivity index (χ4v) is 3.49. The summed E-state index contributed by atoms with van der Waals surface area (Å²) in [5.74, 6) is -0.792. The van der Waals surface area contributed by atoms with Gasteiger partial charge in [0.1, 0.15) is 18.0 Å². The number of pyridine rings is 1. The lowest BCUT2D eigenvalue weighted by Gasteiger charge is -2.18. The molecule has 3 heterocycles. The van der Waals surface area contributed by atoms with Crippen LogP contribution in [-0.2, 0) is 19.1 Å². The van der Waals surface area contributed by atoms with Gasteiger partial charge in [0.05, 0.1) is 12.2 Å². The second-order valence-electron chi connectivity index (χ2n) is 8.71. The van der Waals surface area contributed by atoms with E-state index in [1.165, 1.54) is 0 Å². The van der Waals surface area contributed by atoms with Gasteiger partial charge < -0.3 is 29.6 Å². The Morgan fingerprint density at radius 2 is 2.11 bits per heavy atom. The maximum Gasteiger partial charge on any atom is 0.347 e. The van der Waals surface area contributed by atoms with E-state index in [2.05, 4.69) is 15.3 Å². The number of Topliss-reactive ketones (excluding diaryl/α,β-unsaturated/α-hetero) is 1. The quantitative estimate of drug-likeness (QED) is 0.254. The Balaban J connectivity index is 1.62. The smallest absolute Gasteiger partial charge is 0.347 e. The van der Waals surface area contributed by atoms with Crippen LogP contribution in [0.15, 0.2) is 59.9 Å². The molecule has 3 aromatic rings. The number of ether oxygens (including phenoxy) is 3. The van der Waals surface area contributed by atoms with Crippen molar-refractivity contribution < 1.29 is 28.9 Å². The van der Waals surface area contributed by atoms with E-state index in [1.807, 2.05) is 13.0 Å². The number of rotatable bonds is 8. The van der Waals surface area contributed by atoms with Gasteiger partial charge in [-0.3, -0.25) is 4.79 Å². The summed E-state index contributed by atoms with van der Waals surface area (Å²) < 4.78 is 16.6. The van der Waals surface area contributed by atoms with E-state index in [9.17, 15) is 14.7 Å². The second-order valence-corrected chi connectivity index (χ2v) is 8.71. The van der Waals surface area contributed by atoms with Gasteiger partial charge in [0, 0.05) is 29.0 Å². The Morgan fingerprint density at radius 3 is 2.83 bits per heavy atom. The fourth-order valence-electron chi connectivity index (χ4n) is 3.49. The number of benzene rings is 1. The third kappa shape index (κ3) is 5.36. The summed E-state index contributed by atoms with van der Waals surface area (Å²) in [6.07, 6.45) is 4.95. The highest BCUT2D eigenvalue weighted by atomic mass is 16.5. The molecular weight excluding hydrogens is 450 g/mol. The van der Waals surface area contributed by atoms with E-state index in [-0.39, 0.29) is 30.4 Å². The van der Waals surface area contributed by atoms with Crippen molar-refractivity contribution in [3.8, 4) is 5.75 Å².